The van der Waals surface area contributed by atoms with E-state index in [1.54, 1.807) is 24.9 Å². The summed E-state index contributed by atoms with van der Waals surface area (Å²) in [6.07, 6.45) is 3.86. The normalized spacial score (nSPS) is 10.6. The molecule has 0 saturated carbocycles. The fourth-order valence-electron chi connectivity index (χ4n) is 2.67. The number of amides is 1. The van der Waals surface area contributed by atoms with E-state index in [9.17, 15) is 14.7 Å². The minimum absolute atomic E-state index is 0.0617. The van der Waals surface area contributed by atoms with Gasteiger partial charge in [0.05, 0.1) is 12.0 Å². The third-order valence-corrected chi connectivity index (χ3v) is 4.65. The number of hydrogen-bond donors (Lipinski definition) is 2. The topological polar surface area (TPSA) is 71.3 Å². The molecule has 0 aliphatic heterocycles. The molecule has 1 aromatic carbocycles. The van der Waals surface area contributed by atoms with Crippen LogP contribution in [0.5, 0.6) is 0 Å². The number of carbonyl (C=O) groups is 2. The van der Waals surface area contributed by atoms with Crippen LogP contribution in [0.4, 0.5) is 0 Å². The van der Waals surface area contributed by atoms with Crippen LogP contribution < -0.4 is 5.32 Å². The van der Waals surface area contributed by atoms with Gasteiger partial charge in [-0.25, -0.2) is 4.79 Å². The summed E-state index contributed by atoms with van der Waals surface area (Å²) in [6, 6.07) is 7.99. The Morgan fingerprint density at radius 3 is 2.46 bits per heavy atom. The van der Waals surface area contributed by atoms with E-state index >= 15 is 0 Å². The summed E-state index contributed by atoms with van der Waals surface area (Å²) >= 11 is 1.67. The molecule has 0 fully saturated rings. The first-order valence-corrected chi connectivity index (χ1v) is 9.00. The first-order chi connectivity index (χ1) is 11.5. The highest BCUT2D eigenvalue weighted by Gasteiger charge is 2.20. The molecule has 0 aliphatic carbocycles. The summed E-state index contributed by atoms with van der Waals surface area (Å²) in [4.78, 5) is 24.9. The van der Waals surface area contributed by atoms with Crippen molar-refractivity contribution in [3.63, 3.8) is 0 Å². The van der Waals surface area contributed by atoms with E-state index in [0.29, 0.717) is 24.3 Å². The van der Waals surface area contributed by atoms with Gasteiger partial charge >= 0.3 is 5.97 Å². The Morgan fingerprint density at radius 1 is 1.25 bits per heavy atom. The first-order valence-electron chi connectivity index (χ1n) is 7.77. The van der Waals surface area contributed by atoms with Crippen molar-refractivity contribution in [3.8, 4) is 0 Å². The lowest BCUT2D eigenvalue weighted by atomic mass is 10.1. The van der Waals surface area contributed by atoms with Gasteiger partial charge in [0.2, 0.25) is 5.91 Å². The lowest BCUT2D eigenvalue weighted by molar-refractivity contribution is -0.120. The number of hydrogen-bond acceptors (Lipinski definition) is 3. The number of carbonyl (C=O) groups excluding carboxylic acids is 1. The third kappa shape index (κ3) is 4.20. The zero-order valence-corrected chi connectivity index (χ0v) is 14.9. The maximum absolute atomic E-state index is 12.2. The molecule has 0 radical (unpaired) electrons. The Hall–Kier alpha value is -2.21. The summed E-state index contributed by atoms with van der Waals surface area (Å²) in [5.74, 6) is -1.17. The van der Waals surface area contributed by atoms with Crippen molar-refractivity contribution in [2.75, 3.05) is 6.26 Å². The molecule has 2 rings (SSSR count). The Morgan fingerprint density at radius 2 is 1.92 bits per heavy atom. The lowest BCUT2D eigenvalue weighted by Gasteiger charge is -2.09. The number of rotatable bonds is 7. The van der Waals surface area contributed by atoms with Gasteiger partial charge in [-0.05, 0) is 43.4 Å². The minimum atomic E-state index is -0.991. The lowest BCUT2D eigenvalue weighted by Crippen LogP contribution is -2.26. The van der Waals surface area contributed by atoms with Crippen LogP contribution in [-0.2, 0) is 24.3 Å². The van der Waals surface area contributed by atoms with Gasteiger partial charge in [0.25, 0.3) is 0 Å². The maximum Gasteiger partial charge on any atom is 0.337 e. The van der Waals surface area contributed by atoms with Gasteiger partial charge in [0, 0.05) is 29.9 Å². The highest BCUT2D eigenvalue weighted by Crippen LogP contribution is 2.18. The van der Waals surface area contributed by atoms with Crippen molar-refractivity contribution >= 4 is 23.6 Å². The van der Waals surface area contributed by atoms with Gasteiger partial charge in [-0.15, -0.1) is 11.8 Å². The molecule has 2 N–H and O–H groups in total. The van der Waals surface area contributed by atoms with Crippen LogP contribution in [0.3, 0.4) is 0 Å². The maximum atomic E-state index is 12.2. The summed E-state index contributed by atoms with van der Waals surface area (Å²) in [5.41, 5.74) is 2.48. The van der Waals surface area contributed by atoms with Gasteiger partial charge in [-0.1, -0.05) is 12.1 Å². The average molecular weight is 346 g/mol. The molecule has 0 bridgehead atoms. The smallest absolute Gasteiger partial charge is 0.337 e. The number of aromatic carboxylic acids is 1. The molecule has 0 unspecified atom stereocenters. The highest BCUT2D eigenvalue weighted by atomic mass is 32.2. The summed E-state index contributed by atoms with van der Waals surface area (Å²) in [6.45, 7) is 4.75. The van der Waals surface area contributed by atoms with Gasteiger partial charge in [-0.2, -0.15) is 0 Å². The molecule has 1 heterocycles. The van der Waals surface area contributed by atoms with E-state index in [0.717, 1.165) is 5.56 Å². The predicted molar refractivity (Wildman–Crippen MR) is 95.6 cm³/mol. The van der Waals surface area contributed by atoms with Gasteiger partial charge in [-0.3, -0.25) is 4.79 Å². The molecule has 0 spiro atoms. The van der Waals surface area contributed by atoms with Crippen LogP contribution in [0.15, 0.2) is 35.4 Å². The molecule has 0 saturated heterocycles. The summed E-state index contributed by atoms with van der Waals surface area (Å²) < 4.78 is 1.83. The van der Waals surface area contributed by atoms with E-state index in [-0.39, 0.29) is 17.9 Å². The Balaban J connectivity index is 2.05. The number of nitrogens with one attached hydrogen (secondary N) is 1. The number of aromatic nitrogens is 1. The standard InChI is InChI=1S/C18H22N2O3S/c1-4-20-11-12(2)17(18(22)23)15(20)9-16(21)19-10-13-5-7-14(24-3)8-6-13/h5-8,11H,4,9-10H2,1-3H3,(H,19,21)(H,22,23). The average Bonchev–Trinajstić information content (AvgIpc) is 2.88. The van der Waals surface area contributed by atoms with Crippen molar-refractivity contribution in [1.82, 2.24) is 9.88 Å². The Labute approximate surface area is 146 Å². The summed E-state index contributed by atoms with van der Waals surface area (Å²) in [5, 5.41) is 12.2. The Bertz CT molecular complexity index is 735. The minimum Gasteiger partial charge on any atom is -0.478 e. The second kappa shape index (κ2) is 8.06. The number of carboxylic acid groups (broad SMARTS) is 1. The van der Waals surface area contributed by atoms with Crippen molar-refractivity contribution in [2.45, 2.75) is 38.3 Å². The SMILES string of the molecule is CCn1cc(C)c(C(=O)O)c1CC(=O)NCc1ccc(SC)cc1. The molecule has 0 atom stereocenters. The second-order valence-electron chi connectivity index (χ2n) is 5.53. The molecular weight excluding hydrogens is 324 g/mol. The molecular formula is C18H22N2O3S. The largest absolute Gasteiger partial charge is 0.478 e. The highest BCUT2D eigenvalue weighted by molar-refractivity contribution is 7.98. The van der Waals surface area contributed by atoms with Crippen LogP contribution in [0.1, 0.15) is 34.1 Å². The van der Waals surface area contributed by atoms with Gasteiger partial charge in [0.1, 0.15) is 0 Å². The number of nitrogens with zero attached hydrogens (tertiary/aromatic N) is 1. The molecule has 1 aromatic heterocycles. The van der Waals surface area contributed by atoms with Crippen LogP contribution in [0, 0.1) is 6.92 Å². The number of aryl methyl sites for hydroxylation is 2. The molecule has 1 amide bonds. The van der Waals surface area contributed by atoms with Crippen LogP contribution >= 0.6 is 11.8 Å². The first kappa shape index (κ1) is 18.1. The van der Waals surface area contributed by atoms with Gasteiger partial charge in [0.15, 0.2) is 0 Å². The number of thioether (sulfide) groups is 1. The molecule has 128 valence electrons. The van der Waals surface area contributed by atoms with E-state index in [1.807, 2.05) is 42.0 Å². The van der Waals surface area contributed by atoms with Crippen molar-refractivity contribution in [3.05, 3.63) is 52.8 Å². The zero-order valence-electron chi connectivity index (χ0n) is 14.1. The second-order valence-corrected chi connectivity index (χ2v) is 6.41. The summed E-state index contributed by atoms with van der Waals surface area (Å²) in [7, 11) is 0. The van der Waals surface area contributed by atoms with E-state index in [1.165, 1.54) is 4.90 Å². The van der Waals surface area contributed by atoms with Crippen LogP contribution in [-0.4, -0.2) is 27.8 Å². The van der Waals surface area contributed by atoms with E-state index in [4.69, 9.17) is 0 Å². The quantitative estimate of drug-likeness (QED) is 0.756. The molecule has 5 nitrogen and oxygen atoms in total. The molecule has 24 heavy (non-hydrogen) atoms. The van der Waals surface area contributed by atoms with Crippen LogP contribution in [0.2, 0.25) is 0 Å². The molecule has 2 aromatic rings. The van der Waals surface area contributed by atoms with E-state index < -0.39 is 5.97 Å². The fourth-order valence-corrected chi connectivity index (χ4v) is 3.08. The third-order valence-electron chi connectivity index (χ3n) is 3.91. The van der Waals surface area contributed by atoms with Crippen molar-refractivity contribution in [1.29, 1.82) is 0 Å². The molecule has 6 heteroatoms. The van der Waals surface area contributed by atoms with Crippen molar-refractivity contribution in [2.24, 2.45) is 0 Å². The van der Waals surface area contributed by atoms with Crippen molar-refractivity contribution < 1.29 is 14.7 Å². The van der Waals surface area contributed by atoms with Gasteiger partial charge < -0.3 is 15.0 Å². The van der Waals surface area contributed by atoms with Crippen LogP contribution in [0.25, 0.3) is 0 Å². The fraction of sp³-hybridized carbons (Fsp3) is 0.333. The number of benzene rings is 1. The van der Waals surface area contributed by atoms with E-state index in [2.05, 4.69) is 5.32 Å². The predicted octanol–water partition coefficient (Wildman–Crippen LogP) is 3.10. The monoisotopic (exact) mass is 346 g/mol. The number of carboxylic acids is 1. The molecule has 0 aliphatic rings. The Kier molecular flexibility index (Phi) is 6.09. The zero-order chi connectivity index (χ0) is 17.7.